The fourth-order valence-electron chi connectivity index (χ4n) is 1.12. The molecule has 0 spiro atoms. The van der Waals surface area contributed by atoms with Gasteiger partial charge in [-0.1, -0.05) is 30.3 Å². The van der Waals surface area contributed by atoms with Crippen LogP contribution in [0.4, 0.5) is 4.79 Å². The summed E-state index contributed by atoms with van der Waals surface area (Å²) in [6, 6.07) is 10.2. The lowest BCUT2D eigenvalue weighted by Crippen LogP contribution is -2.17. The molecular weight excluding hydrogens is 186 g/mol. The molecule has 0 saturated heterocycles. The molecule has 0 bridgehead atoms. The van der Waals surface area contributed by atoms with Crippen molar-refractivity contribution in [1.82, 2.24) is 5.32 Å². The molecule has 2 nitrogen and oxygen atoms in total. The van der Waals surface area contributed by atoms with Gasteiger partial charge >= 0.3 is 5.37 Å². The van der Waals surface area contributed by atoms with Crippen LogP contribution < -0.4 is 5.32 Å². The van der Waals surface area contributed by atoms with Crippen LogP contribution in [0.3, 0.4) is 0 Å². The summed E-state index contributed by atoms with van der Waals surface area (Å²) in [4.78, 5) is 10.3. The van der Waals surface area contributed by atoms with E-state index in [4.69, 9.17) is 11.6 Å². The monoisotopic (exact) mass is 197 g/mol. The fraction of sp³-hybridized carbons (Fsp3) is 0.300. The van der Waals surface area contributed by atoms with Gasteiger partial charge in [0.05, 0.1) is 0 Å². The van der Waals surface area contributed by atoms with E-state index >= 15 is 0 Å². The Bertz CT molecular complexity index is 261. The van der Waals surface area contributed by atoms with Crippen LogP contribution in [-0.2, 0) is 6.42 Å². The molecule has 1 rings (SSSR count). The molecule has 0 radical (unpaired) electrons. The second-order valence-electron chi connectivity index (χ2n) is 2.79. The summed E-state index contributed by atoms with van der Waals surface area (Å²) in [5.41, 5.74) is 1.28. The highest BCUT2D eigenvalue weighted by Gasteiger charge is 1.94. The van der Waals surface area contributed by atoms with Gasteiger partial charge in [-0.05, 0) is 30.0 Å². The van der Waals surface area contributed by atoms with E-state index in [-0.39, 0.29) is 0 Å². The summed E-state index contributed by atoms with van der Waals surface area (Å²) in [5, 5.41) is 2.06. The first kappa shape index (κ1) is 10.1. The zero-order valence-electron chi connectivity index (χ0n) is 7.29. The second-order valence-corrected chi connectivity index (χ2v) is 3.13. The van der Waals surface area contributed by atoms with Crippen molar-refractivity contribution < 1.29 is 4.79 Å². The third-order valence-corrected chi connectivity index (χ3v) is 1.88. The topological polar surface area (TPSA) is 29.1 Å². The van der Waals surface area contributed by atoms with Crippen LogP contribution in [-0.4, -0.2) is 11.9 Å². The summed E-state index contributed by atoms with van der Waals surface area (Å²) >= 11 is 5.11. The van der Waals surface area contributed by atoms with Gasteiger partial charge < -0.3 is 5.32 Å². The zero-order valence-corrected chi connectivity index (χ0v) is 8.05. The maximum absolute atomic E-state index is 10.3. The number of halogens is 1. The van der Waals surface area contributed by atoms with Crippen LogP contribution >= 0.6 is 11.6 Å². The number of hydrogen-bond donors (Lipinski definition) is 1. The molecule has 0 heterocycles. The average molecular weight is 198 g/mol. The van der Waals surface area contributed by atoms with Crippen LogP contribution in [0.25, 0.3) is 0 Å². The molecular formula is C10H12ClNO. The van der Waals surface area contributed by atoms with E-state index in [2.05, 4.69) is 17.4 Å². The van der Waals surface area contributed by atoms with Gasteiger partial charge in [-0.3, -0.25) is 4.79 Å². The van der Waals surface area contributed by atoms with Crippen molar-refractivity contribution in [2.24, 2.45) is 0 Å². The number of benzene rings is 1. The van der Waals surface area contributed by atoms with Gasteiger partial charge in [0.15, 0.2) is 0 Å². The molecule has 0 atom stereocenters. The largest absolute Gasteiger partial charge is 0.343 e. The van der Waals surface area contributed by atoms with Gasteiger partial charge in [-0.15, -0.1) is 0 Å². The predicted molar refractivity (Wildman–Crippen MR) is 54.0 cm³/mol. The normalized spacial score (nSPS) is 9.62. The van der Waals surface area contributed by atoms with Crippen molar-refractivity contribution in [3.05, 3.63) is 35.9 Å². The van der Waals surface area contributed by atoms with E-state index < -0.39 is 5.37 Å². The van der Waals surface area contributed by atoms with E-state index in [1.54, 1.807) is 0 Å². The van der Waals surface area contributed by atoms with Crippen LogP contribution in [0.5, 0.6) is 0 Å². The molecule has 0 aliphatic carbocycles. The number of nitrogens with one attached hydrogen (secondary N) is 1. The molecule has 0 saturated carbocycles. The second kappa shape index (κ2) is 5.60. The standard InChI is InChI=1S/C10H12ClNO/c11-10(13)12-8-4-7-9-5-2-1-3-6-9/h1-3,5-6H,4,7-8H2,(H,12,13). The van der Waals surface area contributed by atoms with Crippen LogP contribution in [0.15, 0.2) is 30.3 Å². The summed E-state index contributed by atoms with van der Waals surface area (Å²) in [6.45, 7) is 0.636. The van der Waals surface area contributed by atoms with Crippen LogP contribution in [0.1, 0.15) is 12.0 Å². The summed E-state index contributed by atoms with van der Waals surface area (Å²) in [5.74, 6) is 0. The molecule has 0 fully saturated rings. The predicted octanol–water partition coefficient (Wildman–Crippen LogP) is 2.57. The molecule has 1 N–H and O–H groups in total. The van der Waals surface area contributed by atoms with Gasteiger partial charge in [0, 0.05) is 6.54 Å². The van der Waals surface area contributed by atoms with Crippen molar-refractivity contribution in [3.63, 3.8) is 0 Å². The fourth-order valence-corrected chi connectivity index (χ4v) is 1.22. The minimum absolute atomic E-state index is 0.479. The molecule has 0 aliphatic rings. The van der Waals surface area contributed by atoms with Crippen molar-refractivity contribution in [2.75, 3.05) is 6.54 Å². The van der Waals surface area contributed by atoms with Gasteiger partial charge in [0.2, 0.25) is 0 Å². The summed E-state index contributed by atoms with van der Waals surface area (Å²) in [7, 11) is 0. The molecule has 0 unspecified atom stereocenters. The molecule has 1 aromatic rings. The first-order chi connectivity index (χ1) is 6.29. The Morgan fingerprint density at radius 1 is 1.31 bits per heavy atom. The maximum Gasteiger partial charge on any atom is 0.313 e. The van der Waals surface area contributed by atoms with Gasteiger partial charge in [-0.2, -0.15) is 0 Å². The number of rotatable bonds is 4. The lowest BCUT2D eigenvalue weighted by atomic mass is 10.1. The molecule has 0 aromatic heterocycles. The van der Waals surface area contributed by atoms with Crippen LogP contribution in [0, 0.1) is 0 Å². The minimum Gasteiger partial charge on any atom is -0.343 e. The Kier molecular flexibility index (Phi) is 4.33. The zero-order chi connectivity index (χ0) is 9.52. The Hall–Kier alpha value is -1.02. The SMILES string of the molecule is O=C(Cl)NCCCc1ccccc1. The quantitative estimate of drug-likeness (QED) is 0.449. The number of carbonyl (C=O) groups excluding carboxylic acids is 1. The number of aryl methyl sites for hydroxylation is 1. The molecule has 13 heavy (non-hydrogen) atoms. The molecule has 1 aromatic carbocycles. The van der Waals surface area contributed by atoms with E-state index in [1.807, 2.05) is 18.2 Å². The van der Waals surface area contributed by atoms with Gasteiger partial charge in [0.1, 0.15) is 0 Å². The maximum atomic E-state index is 10.3. The lowest BCUT2D eigenvalue weighted by molar-refractivity contribution is 0.259. The van der Waals surface area contributed by atoms with Crippen molar-refractivity contribution in [3.8, 4) is 0 Å². The summed E-state index contributed by atoms with van der Waals surface area (Å²) in [6.07, 6.45) is 1.89. The lowest BCUT2D eigenvalue weighted by Gasteiger charge is -2.00. The summed E-state index contributed by atoms with van der Waals surface area (Å²) < 4.78 is 0. The number of carbonyl (C=O) groups is 1. The molecule has 1 amide bonds. The minimum atomic E-state index is -0.479. The highest BCUT2D eigenvalue weighted by molar-refractivity contribution is 6.62. The third-order valence-electron chi connectivity index (χ3n) is 1.75. The third kappa shape index (κ3) is 4.53. The Balaban J connectivity index is 2.17. The molecule has 0 aliphatic heterocycles. The van der Waals surface area contributed by atoms with Crippen molar-refractivity contribution in [2.45, 2.75) is 12.8 Å². The van der Waals surface area contributed by atoms with Gasteiger partial charge in [-0.25, -0.2) is 0 Å². The van der Waals surface area contributed by atoms with Gasteiger partial charge in [0.25, 0.3) is 0 Å². The first-order valence-electron chi connectivity index (χ1n) is 4.26. The van der Waals surface area contributed by atoms with Crippen molar-refractivity contribution in [1.29, 1.82) is 0 Å². The highest BCUT2D eigenvalue weighted by atomic mass is 35.5. The van der Waals surface area contributed by atoms with E-state index in [1.165, 1.54) is 5.56 Å². The van der Waals surface area contributed by atoms with Crippen LogP contribution in [0.2, 0.25) is 0 Å². The average Bonchev–Trinajstić information content (AvgIpc) is 2.14. The Morgan fingerprint density at radius 2 is 2.00 bits per heavy atom. The number of hydrogen-bond acceptors (Lipinski definition) is 1. The first-order valence-corrected chi connectivity index (χ1v) is 4.64. The number of amides is 1. The molecule has 70 valence electrons. The van der Waals surface area contributed by atoms with E-state index in [0.717, 1.165) is 12.8 Å². The van der Waals surface area contributed by atoms with E-state index in [0.29, 0.717) is 6.54 Å². The smallest absolute Gasteiger partial charge is 0.313 e. The van der Waals surface area contributed by atoms with Crippen molar-refractivity contribution >= 4 is 17.0 Å². The van der Waals surface area contributed by atoms with E-state index in [9.17, 15) is 4.79 Å². The highest BCUT2D eigenvalue weighted by Crippen LogP contribution is 2.01. The Labute approximate surface area is 82.9 Å². The molecule has 3 heteroatoms. The Morgan fingerprint density at radius 3 is 2.62 bits per heavy atom.